The molecule has 0 N–H and O–H groups in total. The van der Waals surface area contributed by atoms with Crippen molar-refractivity contribution >= 4 is 5.78 Å². The fourth-order valence-electron chi connectivity index (χ4n) is 3.23. The minimum atomic E-state index is -0.931. The van der Waals surface area contributed by atoms with Crippen LogP contribution in [0.1, 0.15) is 37.8 Å². The van der Waals surface area contributed by atoms with E-state index in [-0.39, 0.29) is 23.5 Å². The second-order valence-corrected chi connectivity index (χ2v) is 6.71. The summed E-state index contributed by atoms with van der Waals surface area (Å²) in [5.41, 5.74) is 0.543. The number of Topliss-reactive ketones (excluding diaryl/α,β-unsaturated/α-hetero) is 1. The summed E-state index contributed by atoms with van der Waals surface area (Å²) in [6, 6.07) is 12.2. The van der Waals surface area contributed by atoms with E-state index in [4.69, 9.17) is 0 Å². The monoisotopic (exact) mass is 344 g/mol. The highest BCUT2D eigenvalue weighted by Crippen LogP contribution is 2.39. The summed E-state index contributed by atoms with van der Waals surface area (Å²) < 4.78 is 26.9. The van der Waals surface area contributed by atoms with Crippen molar-refractivity contribution in [3.05, 3.63) is 71.3 Å². The van der Waals surface area contributed by atoms with Crippen LogP contribution in [-0.2, 0) is 10.2 Å². The Hall–Kier alpha value is -2.07. The first kappa shape index (κ1) is 19.3. The summed E-state index contributed by atoms with van der Waals surface area (Å²) in [7, 11) is 3.92. The SMILES string of the molecule is CCC(=O)C(CC(C)N(C)C)(c1ccc(F)cc1)c1ccc([18F])cc1. The molecular formula is C21H25F2NO. The van der Waals surface area contributed by atoms with Crippen molar-refractivity contribution in [2.45, 2.75) is 38.1 Å². The van der Waals surface area contributed by atoms with Crippen molar-refractivity contribution in [3.63, 3.8) is 0 Å². The van der Waals surface area contributed by atoms with Crippen LogP contribution < -0.4 is 0 Å². The number of nitrogens with zero attached hydrogens (tertiary/aromatic N) is 1. The largest absolute Gasteiger partial charge is 0.307 e. The fourth-order valence-corrected chi connectivity index (χ4v) is 3.23. The number of rotatable bonds is 7. The Morgan fingerprint density at radius 3 is 1.68 bits per heavy atom. The summed E-state index contributed by atoms with van der Waals surface area (Å²) in [6.45, 7) is 3.87. The van der Waals surface area contributed by atoms with E-state index < -0.39 is 5.41 Å². The fraction of sp³-hybridized carbons (Fsp3) is 0.381. The molecule has 134 valence electrons. The van der Waals surface area contributed by atoms with Gasteiger partial charge in [0.05, 0.1) is 5.41 Å². The number of ketones is 1. The predicted octanol–water partition coefficient (Wildman–Crippen LogP) is 4.57. The van der Waals surface area contributed by atoms with Gasteiger partial charge in [-0.1, -0.05) is 31.2 Å². The molecule has 0 bridgehead atoms. The van der Waals surface area contributed by atoms with Crippen LogP contribution in [-0.4, -0.2) is 30.8 Å². The number of halogens is 2. The average Bonchev–Trinajstić information content (AvgIpc) is 2.60. The quantitative estimate of drug-likeness (QED) is 0.733. The average molecular weight is 344 g/mol. The second kappa shape index (κ2) is 7.87. The van der Waals surface area contributed by atoms with Crippen LogP contribution in [0.25, 0.3) is 0 Å². The Morgan fingerprint density at radius 1 is 0.960 bits per heavy atom. The standard InChI is InChI=1S/C21H25F2NO/c1-5-20(25)21(14-15(2)24(3)4,16-6-10-18(22)11-7-16)17-8-12-19(23)13-9-17/h6-13,15H,5,14H2,1-4H3/i22-1. The predicted molar refractivity (Wildman–Crippen MR) is 96.6 cm³/mol. The molecule has 0 spiro atoms. The number of carbonyl (C=O) groups is 1. The van der Waals surface area contributed by atoms with E-state index in [2.05, 4.69) is 0 Å². The van der Waals surface area contributed by atoms with Crippen molar-refractivity contribution in [2.75, 3.05) is 14.1 Å². The van der Waals surface area contributed by atoms with Crippen LogP contribution in [0, 0.1) is 11.6 Å². The number of benzene rings is 2. The summed E-state index contributed by atoms with van der Waals surface area (Å²) in [5.74, 6) is -0.651. The van der Waals surface area contributed by atoms with Gasteiger partial charge in [-0.05, 0) is 62.8 Å². The highest BCUT2D eigenvalue weighted by atomic mass is 19.1. The molecule has 0 amide bonds. The molecule has 0 fully saturated rings. The maximum Gasteiger partial charge on any atom is 0.147 e. The maximum atomic E-state index is 13.5. The molecule has 2 unspecified atom stereocenters. The Labute approximate surface area is 148 Å². The minimum absolute atomic E-state index is 0.0411. The molecule has 2 rings (SSSR count). The van der Waals surface area contributed by atoms with Gasteiger partial charge in [-0.25, -0.2) is 8.78 Å². The van der Waals surface area contributed by atoms with Gasteiger partial charge in [-0.3, -0.25) is 4.79 Å². The van der Waals surface area contributed by atoms with Gasteiger partial charge in [0.2, 0.25) is 0 Å². The highest BCUT2D eigenvalue weighted by Gasteiger charge is 2.42. The van der Waals surface area contributed by atoms with E-state index >= 15 is 0 Å². The zero-order chi connectivity index (χ0) is 18.6. The lowest BCUT2D eigenvalue weighted by Crippen LogP contribution is -2.43. The molecule has 2 nitrogen and oxygen atoms in total. The van der Waals surface area contributed by atoms with E-state index in [9.17, 15) is 13.6 Å². The molecule has 0 aliphatic rings. The van der Waals surface area contributed by atoms with Crippen LogP contribution in [0.5, 0.6) is 0 Å². The van der Waals surface area contributed by atoms with Crippen molar-refractivity contribution in [2.24, 2.45) is 0 Å². The van der Waals surface area contributed by atoms with Gasteiger partial charge >= 0.3 is 0 Å². The number of hydrogen-bond donors (Lipinski definition) is 0. The number of hydrogen-bond acceptors (Lipinski definition) is 2. The van der Waals surface area contributed by atoms with Gasteiger partial charge in [0, 0.05) is 12.5 Å². The molecule has 0 aliphatic heterocycles. The van der Waals surface area contributed by atoms with Crippen molar-refractivity contribution in [1.29, 1.82) is 0 Å². The molecule has 25 heavy (non-hydrogen) atoms. The third kappa shape index (κ3) is 3.96. The first-order chi connectivity index (χ1) is 11.8. The molecular weight excluding hydrogens is 319 g/mol. The summed E-state index contributed by atoms with van der Waals surface area (Å²) >= 11 is 0. The van der Waals surface area contributed by atoms with E-state index in [1.807, 2.05) is 32.8 Å². The molecule has 0 saturated carbocycles. The van der Waals surface area contributed by atoms with E-state index in [0.717, 1.165) is 11.1 Å². The molecule has 4 heteroatoms. The van der Waals surface area contributed by atoms with Gasteiger partial charge in [0.25, 0.3) is 0 Å². The van der Waals surface area contributed by atoms with Crippen LogP contribution in [0.3, 0.4) is 0 Å². The molecule has 0 aromatic heterocycles. The van der Waals surface area contributed by atoms with Crippen molar-refractivity contribution < 1.29 is 13.6 Å². The topological polar surface area (TPSA) is 20.3 Å². The van der Waals surface area contributed by atoms with Crippen LogP contribution in [0.2, 0.25) is 0 Å². The zero-order valence-electron chi connectivity index (χ0n) is 15.2. The summed E-state index contributed by atoms with van der Waals surface area (Å²) in [5, 5.41) is 0. The molecule has 0 aliphatic carbocycles. The third-order valence-corrected chi connectivity index (χ3v) is 4.95. The first-order valence-electron chi connectivity index (χ1n) is 8.53. The van der Waals surface area contributed by atoms with Crippen LogP contribution in [0.15, 0.2) is 48.5 Å². The number of carbonyl (C=O) groups excluding carboxylic acids is 1. The lowest BCUT2D eigenvalue weighted by Gasteiger charge is -2.37. The van der Waals surface area contributed by atoms with Gasteiger partial charge in [-0.15, -0.1) is 0 Å². The van der Waals surface area contributed by atoms with Crippen molar-refractivity contribution in [1.82, 2.24) is 4.90 Å². The normalized spacial score (nSPS) is 15.0. The molecule has 0 saturated heterocycles. The van der Waals surface area contributed by atoms with Gasteiger partial charge in [0.15, 0.2) is 0 Å². The molecule has 0 heterocycles. The first-order valence-corrected chi connectivity index (χ1v) is 8.53. The molecule has 0 radical (unpaired) electrons. The van der Waals surface area contributed by atoms with E-state index in [0.29, 0.717) is 12.8 Å². The third-order valence-electron chi connectivity index (χ3n) is 4.95. The van der Waals surface area contributed by atoms with Crippen molar-refractivity contribution in [3.8, 4) is 0 Å². The van der Waals surface area contributed by atoms with Crippen LogP contribution >= 0.6 is 0 Å². The van der Waals surface area contributed by atoms with Gasteiger partial charge in [0.1, 0.15) is 17.4 Å². The maximum absolute atomic E-state index is 13.5. The van der Waals surface area contributed by atoms with E-state index in [1.165, 1.54) is 24.3 Å². The summed E-state index contributed by atoms with van der Waals surface area (Å²) in [4.78, 5) is 15.2. The van der Waals surface area contributed by atoms with Crippen LogP contribution in [0.4, 0.5) is 8.78 Å². The van der Waals surface area contributed by atoms with Gasteiger partial charge in [-0.2, -0.15) is 0 Å². The summed E-state index contributed by atoms with van der Waals surface area (Å²) in [6.07, 6.45) is 0.874. The highest BCUT2D eigenvalue weighted by molar-refractivity contribution is 5.93. The van der Waals surface area contributed by atoms with Gasteiger partial charge < -0.3 is 4.90 Å². The molecule has 2 atom stereocenters. The lowest BCUT2D eigenvalue weighted by molar-refractivity contribution is -0.123. The second-order valence-electron chi connectivity index (χ2n) is 6.71. The lowest BCUT2D eigenvalue weighted by atomic mass is 9.67. The Morgan fingerprint density at radius 2 is 1.36 bits per heavy atom. The zero-order valence-corrected chi connectivity index (χ0v) is 15.2. The molecule has 2 aromatic carbocycles. The Balaban J connectivity index is 2.70. The molecule has 2 aromatic rings. The Bertz CT molecular complexity index is 662. The van der Waals surface area contributed by atoms with E-state index in [1.54, 1.807) is 24.3 Å². The minimum Gasteiger partial charge on any atom is -0.307 e. The smallest absolute Gasteiger partial charge is 0.147 e. The Kier molecular flexibility index (Phi) is 6.07.